The number of hydrogen-bond acceptors (Lipinski definition) is 4. The van der Waals surface area contributed by atoms with E-state index < -0.39 is 6.10 Å². The monoisotopic (exact) mass is 331 g/mol. The van der Waals surface area contributed by atoms with Gasteiger partial charge >= 0.3 is 0 Å². The fourth-order valence-corrected chi connectivity index (χ4v) is 2.85. The molecule has 1 heterocycles. The number of aryl methyl sites for hydroxylation is 1. The van der Waals surface area contributed by atoms with Crippen LogP contribution in [0.4, 0.5) is 0 Å². The fourth-order valence-electron chi connectivity index (χ4n) is 2.85. The van der Waals surface area contributed by atoms with E-state index in [4.69, 9.17) is 0 Å². The summed E-state index contributed by atoms with van der Waals surface area (Å²) in [6.07, 6.45) is 2.78. The molecule has 6 nitrogen and oxygen atoms in total. The van der Waals surface area contributed by atoms with E-state index in [1.165, 1.54) is 6.20 Å². The van der Waals surface area contributed by atoms with Crippen molar-refractivity contribution < 1.29 is 9.90 Å². The van der Waals surface area contributed by atoms with Gasteiger partial charge in [0.1, 0.15) is 0 Å². The van der Waals surface area contributed by atoms with Crippen LogP contribution in [-0.4, -0.2) is 33.4 Å². The standard InChI is InChI=1S/C18H25N3O3/c1-3-13(4-2)16(22)11-19-18(24)9-10-21-15-8-6-5-7-14(15)17(23)12-20-21/h5-8,12-13,16,22H,3-4,9-11H2,1-2H3,(H,19,24). The highest BCUT2D eigenvalue weighted by Gasteiger charge is 2.16. The minimum Gasteiger partial charge on any atom is -0.391 e. The van der Waals surface area contributed by atoms with Gasteiger partial charge in [-0.1, -0.05) is 38.8 Å². The second-order valence-corrected chi connectivity index (χ2v) is 5.95. The summed E-state index contributed by atoms with van der Waals surface area (Å²) in [6, 6.07) is 7.21. The average molecular weight is 331 g/mol. The van der Waals surface area contributed by atoms with Gasteiger partial charge in [-0.25, -0.2) is 0 Å². The minimum absolute atomic E-state index is 0.125. The molecule has 6 heteroatoms. The maximum absolute atomic E-state index is 12.0. The molecular formula is C18H25N3O3. The Morgan fingerprint density at radius 3 is 2.71 bits per heavy atom. The van der Waals surface area contributed by atoms with Crippen molar-refractivity contribution in [2.75, 3.05) is 6.54 Å². The molecule has 2 N–H and O–H groups in total. The van der Waals surface area contributed by atoms with Gasteiger partial charge in [-0.05, 0) is 18.1 Å². The molecule has 0 fully saturated rings. The van der Waals surface area contributed by atoms with Gasteiger partial charge in [-0.15, -0.1) is 0 Å². The van der Waals surface area contributed by atoms with Crippen LogP contribution in [0, 0.1) is 5.92 Å². The molecule has 1 aromatic heterocycles. The molecule has 1 unspecified atom stereocenters. The van der Waals surface area contributed by atoms with E-state index in [9.17, 15) is 14.7 Å². The maximum atomic E-state index is 12.0. The third-order valence-electron chi connectivity index (χ3n) is 4.41. The predicted molar refractivity (Wildman–Crippen MR) is 93.7 cm³/mol. The van der Waals surface area contributed by atoms with Crippen LogP contribution in [-0.2, 0) is 11.3 Å². The van der Waals surface area contributed by atoms with Gasteiger partial charge in [-0.3, -0.25) is 14.3 Å². The Bertz CT molecular complexity index is 738. The number of aliphatic hydroxyl groups is 1. The van der Waals surface area contributed by atoms with Crippen molar-refractivity contribution in [1.82, 2.24) is 15.1 Å². The maximum Gasteiger partial charge on any atom is 0.221 e. The smallest absolute Gasteiger partial charge is 0.221 e. The quantitative estimate of drug-likeness (QED) is 0.771. The summed E-state index contributed by atoms with van der Waals surface area (Å²) in [5.74, 6) is 0.0690. The van der Waals surface area contributed by atoms with Crippen LogP contribution < -0.4 is 10.7 Å². The largest absolute Gasteiger partial charge is 0.391 e. The molecule has 1 amide bonds. The molecule has 1 atom stereocenters. The number of nitrogens with zero attached hydrogens (tertiary/aromatic N) is 2. The van der Waals surface area contributed by atoms with E-state index in [2.05, 4.69) is 10.4 Å². The molecule has 0 aliphatic carbocycles. The molecule has 130 valence electrons. The molecule has 0 saturated carbocycles. The van der Waals surface area contributed by atoms with Gasteiger partial charge in [0, 0.05) is 18.4 Å². The van der Waals surface area contributed by atoms with Crippen molar-refractivity contribution in [3.63, 3.8) is 0 Å². The number of nitrogens with one attached hydrogen (secondary N) is 1. The Hall–Kier alpha value is -2.21. The van der Waals surface area contributed by atoms with Crippen LogP contribution in [0.25, 0.3) is 10.9 Å². The number of aromatic nitrogens is 2. The number of rotatable bonds is 8. The van der Waals surface area contributed by atoms with E-state index in [1.807, 2.05) is 26.0 Å². The number of aliphatic hydroxyl groups excluding tert-OH is 1. The van der Waals surface area contributed by atoms with Crippen molar-refractivity contribution in [2.45, 2.75) is 45.8 Å². The van der Waals surface area contributed by atoms with Gasteiger partial charge in [-0.2, -0.15) is 5.10 Å². The highest BCUT2D eigenvalue weighted by atomic mass is 16.3. The predicted octanol–water partition coefficient (Wildman–Crippen LogP) is 1.70. The molecule has 0 radical (unpaired) electrons. The normalized spacial score (nSPS) is 12.5. The van der Waals surface area contributed by atoms with Gasteiger partial charge < -0.3 is 10.4 Å². The first-order valence-corrected chi connectivity index (χ1v) is 8.46. The number of para-hydroxylation sites is 1. The first-order chi connectivity index (χ1) is 11.6. The summed E-state index contributed by atoms with van der Waals surface area (Å²) in [5, 5.41) is 17.5. The summed E-state index contributed by atoms with van der Waals surface area (Å²) >= 11 is 0. The molecule has 0 aliphatic rings. The Morgan fingerprint density at radius 1 is 1.29 bits per heavy atom. The van der Waals surface area contributed by atoms with Crippen LogP contribution in [0.5, 0.6) is 0 Å². The summed E-state index contributed by atoms with van der Waals surface area (Å²) < 4.78 is 1.66. The van der Waals surface area contributed by atoms with E-state index >= 15 is 0 Å². The zero-order chi connectivity index (χ0) is 17.5. The number of carbonyl (C=O) groups excluding carboxylic acids is 1. The second kappa shape index (κ2) is 8.59. The summed E-state index contributed by atoms with van der Waals surface area (Å²) in [4.78, 5) is 23.8. The van der Waals surface area contributed by atoms with Gasteiger partial charge in [0.05, 0.1) is 24.4 Å². The number of fused-ring (bicyclic) bond motifs is 1. The zero-order valence-corrected chi connectivity index (χ0v) is 14.2. The van der Waals surface area contributed by atoms with Crippen LogP contribution in [0.2, 0.25) is 0 Å². The van der Waals surface area contributed by atoms with Crippen molar-refractivity contribution >= 4 is 16.8 Å². The highest BCUT2D eigenvalue weighted by Crippen LogP contribution is 2.12. The highest BCUT2D eigenvalue weighted by molar-refractivity contribution is 5.79. The fraction of sp³-hybridized carbons (Fsp3) is 0.500. The Balaban J connectivity index is 1.93. The van der Waals surface area contributed by atoms with Crippen molar-refractivity contribution in [2.24, 2.45) is 5.92 Å². The van der Waals surface area contributed by atoms with Crippen LogP contribution in [0.15, 0.2) is 35.3 Å². The molecule has 1 aromatic carbocycles. The number of benzene rings is 1. The second-order valence-electron chi connectivity index (χ2n) is 5.95. The first kappa shape index (κ1) is 18.1. The molecular weight excluding hydrogens is 306 g/mol. The molecule has 0 bridgehead atoms. The van der Waals surface area contributed by atoms with E-state index in [0.717, 1.165) is 18.4 Å². The third-order valence-corrected chi connectivity index (χ3v) is 4.41. The van der Waals surface area contributed by atoms with E-state index in [-0.39, 0.29) is 30.2 Å². The topological polar surface area (TPSA) is 84.2 Å². The van der Waals surface area contributed by atoms with E-state index in [0.29, 0.717) is 11.9 Å². The molecule has 2 aromatic rings. The van der Waals surface area contributed by atoms with Gasteiger partial charge in [0.25, 0.3) is 0 Å². The first-order valence-electron chi connectivity index (χ1n) is 8.46. The molecule has 0 aliphatic heterocycles. The summed E-state index contributed by atoms with van der Waals surface area (Å²) in [6.45, 7) is 4.72. The van der Waals surface area contributed by atoms with Gasteiger partial charge in [0.15, 0.2) is 0 Å². The Kier molecular flexibility index (Phi) is 6.49. The zero-order valence-electron chi connectivity index (χ0n) is 14.2. The molecule has 24 heavy (non-hydrogen) atoms. The number of carbonyl (C=O) groups is 1. The van der Waals surface area contributed by atoms with Crippen LogP contribution >= 0.6 is 0 Å². The lowest BCUT2D eigenvalue weighted by atomic mass is 9.96. The number of amides is 1. The van der Waals surface area contributed by atoms with E-state index in [1.54, 1.807) is 16.8 Å². The van der Waals surface area contributed by atoms with Crippen LogP contribution in [0.3, 0.4) is 0 Å². The lowest BCUT2D eigenvalue weighted by molar-refractivity contribution is -0.122. The lowest BCUT2D eigenvalue weighted by Gasteiger charge is -2.20. The Labute approximate surface area is 141 Å². The molecule has 2 rings (SSSR count). The summed E-state index contributed by atoms with van der Waals surface area (Å²) in [7, 11) is 0. The van der Waals surface area contributed by atoms with Crippen molar-refractivity contribution in [3.8, 4) is 0 Å². The van der Waals surface area contributed by atoms with Gasteiger partial charge in [0.2, 0.25) is 11.3 Å². The van der Waals surface area contributed by atoms with Crippen molar-refractivity contribution in [3.05, 3.63) is 40.7 Å². The van der Waals surface area contributed by atoms with Crippen LogP contribution in [0.1, 0.15) is 33.1 Å². The Morgan fingerprint density at radius 2 is 2.00 bits per heavy atom. The summed E-state index contributed by atoms with van der Waals surface area (Å²) in [5.41, 5.74) is 0.592. The number of hydrogen-bond donors (Lipinski definition) is 2. The van der Waals surface area contributed by atoms with Crippen molar-refractivity contribution in [1.29, 1.82) is 0 Å². The lowest BCUT2D eigenvalue weighted by Crippen LogP contribution is -2.36. The molecule has 0 saturated heterocycles. The SMILES string of the molecule is CCC(CC)C(O)CNC(=O)CCn1ncc(=O)c2ccccc21. The molecule has 0 spiro atoms. The minimum atomic E-state index is -0.518. The average Bonchev–Trinajstić information content (AvgIpc) is 2.60. The third kappa shape index (κ3) is 4.41.